The number of aromatic nitrogens is 3. The van der Waals surface area contributed by atoms with Crippen LogP contribution in [0.25, 0.3) is 10.4 Å². The quantitative estimate of drug-likeness (QED) is 0.0308. The number of nitrogens with one attached hydrogen (secondary N) is 5. The number of hydrogen-bond acceptors (Lipinski definition) is 14. The first kappa shape index (κ1) is 38.3. The Morgan fingerprint density at radius 3 is 1.73 bits per heavy atom. The molecule has 0 aliphatic rings. The van der Waals surface area contributed by atoms with Crippen molar-refractivity contribution in [2.45, 2.75) is 0 Å². The maximum atomic E-state index is 12.5. The lowest BCUT2D eigenvalue weighted by Gasteiger charge is -2.12. The molecule has 264 valence electrons. The van der Waals surface area contributed by atoms with Gasteiger partial charge in [0.25, 0.3) is 11.8 Å². The largest absolute Gasteiger partial charge is 0.379 e. The van der Waals surface area contributed by atoms with Gasteiger partial charge in [0.05, 0.1) is 52.9 Å². The minimum atomic E-state index is -0.234. The van der Waals surface area contributed by atoms with Gasteiger partial charge in [0.1, 0.15) is 0 Å². The zero-order chi connectivity index (χ0) is 34.8. The molecule has 1 aromatic heterocycles. The molecule has 1 heterocycles. The van der Waals surface area contributed by atoms with Crippen LogP contribution in [0.15, 0.2) is 59.7 Å². The standard InChI is InChI=1S/C31H44N12O6/c32-10-11-36-29-40-30(37-14-18-48-21-20-46-16-12-34-27(44)24-4-2-1-3-5-24)42-31(41-29)39-26-8-6-25(7-9-26)28(45)35-13-17-47-22-23-49-19-15-38-43-33/h1-9H,10-23,32H2,(H,34,44)(H,35,45)(H3,36,37,39,40,41,42). The van der Waals surface area contributed by atoms with Crippen LogP contribution in [-0.4, -0.2) is 119 Å². The summed E-state index contributed by atoms with van der Waals surface area (Å²) in [6, 6.07) is 15.9. The molecular weight excluding hydrogens is 636 g/mol. The molecular formula is C31H44N12O6. The van der Waals surface area contributed by atoms with Crippen molar-refractivity contribution >= 4 is 35.3 Å². The molecule has 3 rings (SSSR count). The number of hydrogen-bond donors (Lipinski definition) is 6. The van der Waals surface area contributed by atoms with Gasteiger partial charge in [-0.3, -0.25) is 9.59 Å². The monoisotopic (exact) mass is 680 g/mol. The highest BCUT2D eigenvalue weighted by molar-refractivity contribution is 5.94. The number of benzene rings is 2. The SMILES string of the molecule is [N-]=[N+]=NCCOCCOCCNC(=O)c1ccc(Nc2nc(NCCN)nc(NCCOCCOCCNC(=O)c3ccccc3)n2)cc1. The summed E-state index contributed by atoms with van der Waals surface area (Å²) in [7, 11) is 0. The number of carbonyl (C=O) groups excluding carboxylic acids is 2. The third-order valence-electron chi connectivity index (χ3n) is 6.24. The number of azide groups is 1. The van der Waals surface area contributed by atoms with E-state index in [0.717, 1.165) is 0 Å². The summed E-state index contributed by atoms with van der Waals surface area (Å²) in [5.74, 6) is 0.604. The highest BCUT2D eigenvalue weighted by Gasteiger charge is 2.09. The molecule has 49 heavy (non-hydrogen) atoms. The first-order chi connectivity index (χ1) is 24.1. The summed E-state index contributed by atoms with van der Waals surface area (Å²) in [4.78, 5) is 40.4. The lowest BCUT2D eigenvalue weighted by Crippen LogP contribution is -2.27. The molecule has 0 aliphatic heterocycles. The highest BCUT2D eigenvalue weighted by atomic mass is 16.5. The highest BCUT2D eigenvalue weighted by Crippen LogP contribution is 2.17. The molecule has 0 bridgehead atoms. The predicted molar refractivity (Wildman–Crippen MR) is 184 cm³/mol. The van der Waals surface area contributed by atoms with Crippen LogP contribution in [0.3, 0.4) is 0 Å². The molecule has 18 nitrogen and oxygen atoms in total. The van der Waals surface area contributed by atoms with Crippen molar-refractivity contribution in [3.8, 4) is 0 Å². The second kappa shape index (κ2) is 24.1. The van der Waals surface area contributed by atoms with E-state index in [-0.39, 0.29) is 18.4 Å². The van der Waals surface area contributed by atoms with Crippen molar-refractivity contribution in [2.75, 3.05) is 108 Å². The Hall–Kier alpha value is -5.10. The number of rotatable bonds is 26. The number of ether oxygens (including phenoxy) is 4. The summed E-state index contributed by atoms with van der Waals surface area (Å²) in [6.45, 7) is 5.29. The van der Waals surface area contributed by atoms with E-state index in [1.807, 2.05) is 18.2 Å². The fraction of sp³-hybridized carbons (Fsp3) is 0.452. The number of amides is 2. The third kappa shape index (κ3) is 16.5. The van der Waals surface area contributed by atoms with Crippen molar-refractivity contribution in [3.63, 3.8) is 0 Å². The maximum absolute atomic E-state index is 12.5. The van der Waals surface area contributed by atoms with Gasteiger partial charge in [-0.2, -0.15) is 15.0 Å². The molecule has 18 heteroatoms. The van der Waals surface area contributed by atoms with Crippen molar-refractivity contribution in [1.82, 2.24) is 25.6 Å². The molecule has 0 saturated carbocycles. The molecule has 0 spiro atoms. The zero-order valence-corrected chi connectivity index (χ0v) is 27.3. The normalized spacial score (nSPS) is 10.6. The number of carbonyl (C=O) groups is 2. The van der Waals surface area contributed by atoms with Gasteiger partial charge in [-0.1, -0.05) is 23.3 Å². The summed E-state index contributed by atoms with van der Waals surface area (Å²) >= 11 is 0. The van der Waals surface area contributed by atoms with E-state index in [9.17, 15) is 9.59 Å². The van der Waals surface area contributed by atoms with Crippen molar-refractivity contribution in [3.05, 3.63) is 76.2 Å². The Morgan fingerprint density at radius 2 is 1.16 bits per heavy atom. The molecule has 0 unspecified atom stereocenters. The molecule has 2 aromatic carbocycles. The first-order valence-electron chi connectivity index (χ1n) is 15.8. The molecule has 7 N–H and O–H groups in total. The zero-order valence-electron chi connectivity index (χ0n) is 27.3. The van der Waals surface area contributed by atoms with Crippen LogP contribution in [0.5, 0.6) is 0 Å². The van der Waals surface area contributed by atoms with Gasteiger partial charge in [0, 0.05) is 61.0 Å². The van der Waals surface area contributed by atoms with E-state index >= 15 is 0 Å². The van der Waals surface area contributed by atoms with Crippen molar-refractivity contribution in [2.24, 2.45) is 10.8 Å². The Morgan fingerprint density at radius 1 is 0.653 bits per heavy atom. The Labute approximate surface area is 284 Å². The van der Waals surface area contributed by atoms with E-state index in [1.54, 1.807) is 36.4 Å². The molecule has 0 radical (unpaired) electrons. The minimum absolute atomic E-state index is 0.137. The summed E-state index contributed by atoms with van der Waals surface area (Å²) < 4.78 is 21.8. The van der Waals surface area contributed by atoms with Crippen LogP contribution in [0.2, 0.25) is 0 Å². The Bertz CT molecular complexity index is 1430. The molecule has 0 aliphatic carbocycles. The molecule has 0 fully saturated rings. The van der Waals surface area contributed by atoms with Gasteiger partial charge < -0.3 is 51.3 Å². The Kier molecular flexibility index (Phi) is 18.9. The Balaban J connectivity index is 1.33. The fourth-order valence-electron chi connectivity index (χ4n) is 3.90. The smallest absolute Gasteiger partial charge is 0.251 e. The van der Waals surface area contributed by atoms with Gasteiger partial charge in [0.2, 0.25) is 17.8 Å². The van der Waals surface area contributed by atoms with Gasteiger partial charge in [-0.15, -0.1) is 0 Å². The average molecular weight is 681 g/mol. The fourth-order valence-corrected chi connectivity index (χ4v) is 3.90. The van der Waals surface area contributed by atoms with Gasteiger partial charge >= 0.3 is 0 Å². The second-order valence-corrected chi connectivity index (χ2v) is 9.93. The van der Waals surface area contributed by atoms with Crippen LogP contribution in [0.1, 0.15) is 20.7 Å². The van der Waals surface area contributed by atoms with Crippen LogP contribution >= 0.6 is 0 Å². The van der Waals surface area contributed by atoms with E-state index in [1.165, 1.54) is 0 Å². The maximum Gasteiger partial charge on any atom is 0.251 e. The minimum Gasteiger partial charge on any atom is -0.379 e. The summed E-state index contributed by atoms with van der Waals surface area (Å²) in [5, 5.41) is 18.3. The first-order valence-corrected chi connectivity index (χ1v) is 15.8. The van der Waals surface area contributed by atoms with Crippen LogP contribution in [0, 0.1) is 0 Å². The molecule has 3 aromatic rings. The lowest BCUT2D eigenvalue weighted by molar-refractivity contribution is 0.0511. The van der Waals surface area contributed by atoms with Crippen LogP contribution in [-0.2, 0) is 18.9 Å². The van der Waals surface area contributed by atoms with E-state index in [4.69, 9.17) is 30.2 Å². The van der Waals surface area contributed by atoms with Crippen LogP contribution < -0.4 is 32.3 Å². The average Bonchev–Trinajstić information content (AvgIpc) is 3.12. The second-order valence-electron chi connectivity index (χ2n) is 9.93. The molecule has 0 saturated heterocycles. The molecule has 2 amide bonds. The number of nitrogens with two attached hydrogens (primary N) is 1. The van der Waals surface area contributed by atoms with E-state index < -0.39 is 0 Å². The number of nitrogens with zero attached hydrogens (tertiary/aromatic N) is 6. The van der Waals surface area contributed by atoms with Gasteiger partial charge in [-0.05, 0) is 41.9 Å². The van der Waals surface area contributed by atoms with E-state index in [2.05, 4.69) is 51.6 Å². The number of anilines is 4. The van der Waals surface area contributed by atoms with Crippen molar-refractivity contribution in [1.29, 1.82) is 0 Å². The van der Waals surface area contributed by atoms with Gasteiger partial charge in [-0.25, -0.2) is 0 Å². The van der Waals surface area contributed by atoms with Crippen LogP contribution in [0.4, 0.5) is 23.5 Å². The van der Waals surface area contributed by atoms with Crippen molar-refractivity contribution < 1.29 is 28.5 Å². The molecule has 0 atom stereocenters. The topological polar surface area (TPSA) is 245 Å². The summed E-state index contributed by atoms with van der Waals surface area (Å²) in [6.07, 6.45) is 0. The lowest BCUT2D eigenvalue weighted by atomic mass is 10.2. The summed E-state index contributed by atoms with van der Waals surface area (Å²) in [5.41, 5.74) is 15.6. The van der Waals surface area contributed by atoms with Gasteiger partial charge in [0.15, 0.2) is 0 Å². The third-order valence-corrected chi connectivity index (χ3v) is 6.24. The van der Waals surface area contributed by atoms with E-state index in [0.29, 0.717) is 120 Å². The predicted octanol–water partition coefficient (Wildman–Crippen LogP) is 1.93.